The molecule has 1 heteroatoms. The molecule has 0 aliphatic rings. The largest absolute Gasteiger partial charge is 0.0882 e. The van der Waals surface area contributed by atoms with Gasteiger partial charge in [-0.1, -0.05) is 100 Å². The lowest BCUT2D eigenvalue weighted by Crippen LogP contribution is -2.37. The van der Waals surface area contributed by atoms with Crippen molar-refractivity contribution in [3.05, 3.63) is 59.7 Å². The monoisotopic (exact) mass is 296 g/mol. The first kappa shape index (κ1) is 16.0. The smallest absolute Gasteiger partial charge is 0.0630 e. The Morgan fingerprint density at radius 3 is 1.24 bits per heavy atom. The van der Waals surface area contributed by atoms with Crippen molar-refractivity contribution in [3.8, 4) is 0 Å². The van der Waals surface area contributed by atoms with Crippen molar-refractivity contribution in [3.63, 3.8) is 0 Å². The van der Waals surface area contributed by atoms with Gasteiger partial charge in [-0.15, -0.1) is 0 Å². The number of hydrogen-bond donors (Lipinski definition) is 0. The second kappa shape index (κ2) is 5.80. The van der Waals surface area contributed by atoms with Gasteiger partial charge in [0, 0.05) is 0 Å². The van der Waals surface area contributed by atoms with Crippen LogP contribution in [0.5, 0.6) is 0 Å². The second-order valence-corrected chi connectivity index (χ2v) is 9.87. The molecule has 0 fully saturated rings. The molecule has 0 aliphatic heterocycles. The van der Waals surface area contributed by atoms with Crippen LogP contribution in [0.4, 0.5) is 0 Å². The van der Waals surface area contributed by atoms with E-state index in [1.165, 1.54) is 11.1 Å². The van der Waals surface area contributed by atoms with Gasteiger partial charge < -0.3 is 0 Å². The molecule has 0 aliphatic carbocycles. The number of benzene rings is 2. The van der Waals surface area contributed by atoms with E-state index in [0.29, 0.717) is 0 Å². The molecule has 0 radical (unpaired) electrons. The van der Waals surface area contributed by atoms with Crippen molar-refractivity contribution in [1.29, 1.82) is 0 Å². The second-order valence-electron chi connectivity index (χ2n) is 7.99. The fraction of sp³-hybridized carbons (Fsp3) is 0.400. The summed E-state index contributed by atoms with van der Waals surface area (Å²) in [4.78, 5) is 0. The van der Waals surface area contributed by atoms with Crippen molar-refractivity contribution in [2.24, 2.45) is 0 Å². The van der Waals surface area contributed by atoms with Gasteiger partial charge in [0.05, 0.1) is 9.52 Å². The minimum atomic E-state index is -0.452. The van der Waals surface area contributed by atoms with E-state index in [1.54, 1.807) is 10.4 Å². The molecule has 0 N–H and O–H groups in total. The van der Waals surface area contributed by atoms with Gasteiger partial charge in [-0.25, -0.2) is 0 Å². The van der Waals surface area contributed by atoms with E-state index in [-0.39, 0.29) is 10.8 Å². The zero-order valence-electron chi connectivity index (χ0n) is 14.3. The van der Waals surface area contributed by atoms with Crippen LogP contribution < -0.4 is 10.4 Å². The Kier molecular flexibility index (Phi) is 4.43. The molecule has 0 unspecified atom stereocenters. The maximum Gasteiger partial charge on any atom is 0.0882 e. The van der Waals surface area contributed by atoms with Gasteiger partial charge in [-0.05, 0) is 22.0 Å². The van der Waals surface area contributed by atoms with Crippen molar-refractivity contribution in [1.82, 2.24) is 0 Å². The molecule has 0 saturated heterocycles. The fourth-order valence-electron chi connectivity index (χ4n) is 3.02. The maximum absolute atomic E-state index is 2.34. The number of rotatable bonds is 2. The molecule has 21 heavy (non-hydrogen) atoms. The molecule has 0 spiro atoms. The maximum atomic E-state index is 2.34. The lowest BCUT2D eigenvalue weighted by atomic mass is 9.87. The van der Waals surface area contributed by atoms with Gasteiger partial charge in [0.25, 0.3) is 0 Å². The third kappa shape index (κ3) is 3.85. The van der Waals surface area contributed by atoms with Gasteiger partial charge in [-0.2, -0.15) is 0 Å². The first-order valence-electron chi connectivity index (χ1n) is 7.86. The first-order valence-corrected chi connectivity index (χ1v) is 9.28. The Balaban J connectivity index is 2.45. The summed E-state index contributed by atoms with van der Waals surface area (Å²) in [5, 5.41) is 3.17. The van der Waals surface area contributed by atoms with Gasteiger partial charge in [0.1, 0.15) is 0 Å². The van der Waals surface area contributed by atoms with Gasteiger partial charge in [0.2, 0.25) is 0 Å². The van der Waals surface area contributed by atoms with Crippen molar-refractivity contribution in [2.75, 3.05) is 0 Å². The van der Waals surface area contributed by atoms with Gasteiger partial charge >= 0.3 is 0 Å². The Morgan fingerprint density at radius 2 is 0.905 bits per heavy atom. The Morgan fingerprint density at radius 1 is 0.571 bits per heavy atom. The van der Waals surface area contributed by atoms with Crippen molar-refractivity contribution < 1.29 is 0 Å². The van der Waals surface area contributed by atoms with Crippen LogP contribution in [0.1, 0.15) is 52.7 Å². The van der Waals surface area contributed by atoms with Crippen LogP contribution >= 0.6 is 0 Å². The molecule has 2 aromatic rings. The van der Waals surface area contributed by atoms with Gasteiger partial charge in [-0.3, -0.25) is 0 Å². The van der Waals surface area contributed by atoms with E-state index in [1.807, 2.05) is 0 Å². The third-order valence-electron chi connectivity index (χ3n) is 4.03. The van der Waals surface area contributed by atoms with E-state index in [2.05, 4.69) is 90.1 Å². The third-order valence-corrected chi connectivity index (χ3v) is 6.03. The highest BCUT2D eigenvalue weighted by atomic mass is 28.2. The van der Waals surface area contributed by atoms with Crippen LogP contribution in [-0.4, -0.2) is 9.52 Å². The molecular formula is C20H28Si. The highest BCUT2D eigenvalue weighted by Gasteiger charge is 2.21. The normalized spacial score (nSPS) is 12.5. The van der Waals surface area contributed by atoms with E-state index >= 15 is 0 Å². The molecule has 2 rings (SSSR count). The molecule has 0 aromatic heterocycles. The summed E-state index contributed by atoms with van der Waals surface area (Å²) in [6.07, 6.45) is 0. The molecule has 0 bridgehead atoms. The van der Waals surface area contributed by atoms with E-state index in [4.69, 9.17) is 0 Å². The van der Waals surface area contributed by atoms with Crippen LogP contribution in [0.15, 0.2) is 48.5 Å². The summed E-state index contributed by atoms with van der Waals surface area (Å²) in [6.45, 7) is 13.9. The Labute approximate surface area is 132 Å². The Bertz CT molecular complexity index is 557. The molecule has 0 nitrogen and oxygen atoms in total. The summed E-state index contributed by atoms with van der Waals surface area (Å²) in [6, 6.07) is 18.0. The quantitative estimate of drug-likeness (QED) is 0.745. The van der Waals surface area contributed by atoms with E-state index < -0.39 is 9.52 Å². The molecule has 0 atom stereocenters. The average molecular weight is 297 g/mol. The lowest BCUT2D eigenvalue weighted by molar-refractivity contribution is 0.593. The van der Waals surface area contributed by atoms with Crippen molar-refractivity contribution in [2.45, 2.75) is 52.4 Å². The van der Waals surface area contributed by atoms with Gasteiger partial charge in [0.15, 0.2) is 0 Å². The molecule has 2 aromatic carbocycles. The van der Waals surface area contributed by atoms with E-state index in [9.17, 15) is 0 Å². The first-order chi connectivity index (χ1) is 9.69. The molecule has 0 amide bonds. The van der Waals surface area contributed by atoms with Crippen molar-refractivity contribution >= 4 is 19.9 Å². The predicted octanol–water partition coefficient (Wildman–Crippen LogP) is 3.40. The van der Waals surface area contributed by atoms with Crippen LogP contribution in [-0.2, 0) is 10.8 Å². The predicted molar refractivity (Wildman–Crippen MR) is 98.1 cm³/mol. The average Bonchev–Trinajstić information content (AvgIpc) is 2.37. The standard InChI is InChI=1S/C20H28Si/c1-19(2,3)15-11-7-9-13-17(15)21-18-14-10-8-12-16(18)20(4,5)6/h7-14H,21H2,1-6H3. The highest BCUT2D eigenvalue weighted by molar-refractivity contribution is 6.68. The summed E-state index contributed by atoms with van der Waals surface area (Å²) in [5.74, 6) is 0. The molecule has 112 valence electrons. The minimum absolute atomic E-state index is 0.222. The zero-order valence-corrected chi connectivity index (χ0v) is 15.7. The van der Waals surface area contributed by atoms with Crippen LogP contribution in [0, 0.1) is 0 Å². The highest BCUT2D eigenvalue weighted by Crippen LogP contribution is 2.21. The van der Waals surface area contributed by atoms with E-state index in [0.717, 1.165) is 0 Å². The molecule has 0 saturated carbocycles. The fourth-order valence-corrected chi connectivity index (χ4v) is 5.61. The minimum Gasteiger partial charge on any atom is -0.0630 e. The number of hydrogen-bond acceptors (Lipinski definition) is 0. The topological polar surface area (TPSA) is 0 Å². The zero-order chi connectivity index (χ0) is 15.7. The molecular weight excluding hydrogens is 268 g/mol. The summed E-state index contributed by atoms with van der Waals surface area (Å²) in [7, 11) is -0.452. The molecule has 0 heterocycles. The summed E-state index contributed by atoms with van der Waals surface area (Å²) in [5.41, 5.74) is 3.47. The van der Waals surface area contributed by atoms with Crippen LogP contribution in [0.3, 0.4) is 0 Å². The SMILES string of the molecule is CC(C)(C)c1ccccc1[SiH2]c1ccccc1C(C)(C)C. The Hall–Kier alpha value is -1.34. The summed E-state index contributed by atoms with van der Waals surface area (Å²) < 4.78 is 0. The lowest BCUT2D eigenvalue weighted by Gasteiger charge is -2.26. The van der Waals surface area contributed by atoms with Crippen LogP contribution in [0.25, 0.3) is 0 Å². The van der Waals surface area contributed by atoms with Crippen LogP contribution in [0.2, 0.25) is 0 Å². The summed E-state index contributed by atoms with van der Waals surface area (Å²) >= 11 is 0.